The van der Waals surface area contributed by atoms with Crippen LogP contribution >= 0.6 is 27.7 Å². The van der Waals surface area contributed by atoms with E-state index in [0.717, 1.165) is 36.6 Å². The second kappa shape index (κ2) is 8.66. The third-order valence-corrected chi connectivity index (χ3v) is 6.88. The Morgan fingerprint density at radius 2 is 2.11 bits per heavy atom. The fourth-order valence-corrected chi connectivity index (χ4v) is 5.02. The van der Waals surface area contributed by atoms with Crippen LogP contribution in [-0.2, 0) is 11.3 Å². The van der Waals surface area contributed by atoms with Gasteiger partial charge in [0, 0.05) is 18.1 Å². The average Bonchev–Trinajstić information content (AvgIpc) is 2.72. The van der Waals surface area contributed by atoms with E-state index in [1.54, 1.807) is 28.6 Å². The Morgan fingerprint density at radius 3 is 2.75 bits per heavy atom. The maximum absolute atomic E-state index is 12.8. The first-order valence-electron chi connectivity index (χ1n) is 9.42. The molecule has 1 saturated carbocycles. The molecule has 1 aliphatic rings. The van der Waals surface area contributed by atoms with Gasteiger partial charge in [0.05, 0.1) is 22.7 Å². The van der Waals surface area contributed by atoms with Crippen LogP contribution in [0.2, 0.25) is 0 Å². The molecule has 0 unspecified atom stereocenters. The lowest BCUT2D eigenvalue weighted by Crippen LogP contribution is -2.50. The van der Waals surface area contributed by atoms with Crippen molar-refractivity contribution in [1.82, 2.24) is 14.5 Å². The molecule has 1 aromatic heterocycles. The molecular formula is C20H23BrN4O2S. The van der Waals surface area contributed by atoms with E-state index in [-0.39, 0.29) is 17.2 Å². The number of carbonyl (C=O) groups is 1. The molecule has 0 spiro atoms. The number of fused-ring (bicyclic) bond motifs is 1. The standard InChI is InChI=1S/C20H23BrN4O2S/c1-3-25-18(27)15-11-14(21)7-8-16(15)23-19(25)28-12-17(26)24(2)20(13-22)9-5-4-6-10-20/h7-8,11H,3-6,9-10,12H2,1-2H3. The van der Waals surface area contributed by atoms with Crippen molar-refractivity contribution in [3.63, 3.8) is 0 Å². The molecule has 1 fully saturated rings. The van der Waals surface area contributed by atoms with Crippen molar-refractivity contribution >= 4 is 44.5 Å². The third kappa shape index (κ3) is 3.96. The maximum atomic E-state index is 12.8. The molecule has 148 valence electrons. The summed E-state index contributed by atoms with van der Waals surface area (Å²) >= 11 is 4.64. The zero-order valence-electron chi connectivity index (χ0n) is 16.1. The van der Waals surface area contributed by atoms with Crippen molar-refractivity contribution < 1.29 is 4.79 Å². The van der Waals surface area contributed by atoms with E-state index >= 15 is 0 Å². The van der Waals surface area contributed by atoms with Crippen LogP contribution in [0, 0.1) is 11.3 Å². The van der Waals surface area contributed by atoms with Crippen LogP contribution in [0.5, 0.6) is 0 Å². The van der Waals surface area contributed by atoms with Crippen LogP contribution in [0.15, 0.2) is 32.6 Å². The first-order chi connectivity index (χ1) is 13.4. The van der Waals surface area contributed by atoms with Gasteiger partial charge in [0.15, 0.2) is 5.16 Å². The maximum Gasteiger partial charge on any atom is 0.262 e. The largest absolute Gasteiger partial charge is 0.326 e. The van der Waals surface area contributed by atoms with Gasteiger partial charge in [0.2, 0.25) is 5.91 Å². The molecule has 0 bridgehead atoms. The average molecular weight is 463 g/mol. The number of rotatable bonds is 5. The molecule has 0 radical (unpaired) electrons. The number of benzene rings is 1. The summed E-state index contributed by atoms with van der Waals surface area (Å²) < 4.78 is 2.42. The first-order valence-corrected chi connectivity index (χ1v) is 11.2. The minimum Gasteiger partial charge on any atom is -0.326 e. The second-order valence-corrected chi connectivity index (χ2v) is 8.91. The molecule has 0 saturated heterocycles. The summed E-state index contributed by atoms with van der Waals surface area (Å²) in [5.41, 5.74) is -0.205. The van der Waals surface area contributed by atoms with E-state index < -0.39 is 5.54 Å². The number of aromatic nitrogens is 2. The molecule has 1 aliphatic carbocycles. The quantitative estimate of drug-likeness (QED) is 0.496. The zero-order valence-corrected chi connectivity index (χ0v) is 18.5. The fraction of sp³-hybridized carbons (Fsp3) is 0.500. The van der Waals surface area contributed by atoms with Gasteiger partial charge in [-0.2, -0.15) is 5.26 Å². The van der Waals surface area contributed by atoms with Crippen LogP contribution in [0.1, 0.15) is 39.0 Å². The van der Waals surface area contributed by atoms with Crippen molar-refractivity contribution in [2.45, 2.75) is 56.3 Å². The second-order valence-electron chi connectivity index (χ2n) is 7.05. The van der Waals surface area contributed by atoms with Crippen LogP contribution < -0.4 is 5.56 Å². The summed E-state index contributed by atoms with van der Waals surface area (Å²) in [7, 11) is 1.72. The van der Waals surface area contributed by atoms with Gasteiger partial charge < -0.3 is 4.90 Å². The van der Waals surface area contributed by atoms with Gasteiger partial charge in [-0.3, -0.25) is 14.2 Å². The predicted octanol–water partition coefficient (Wildman–Crippen LogP) is 3.96. The molecule has 3 rings (SSSR count). The lowest BCUT2D eigenvalue weighted by Gasteiger charge is -2.39. The van der Waals surface area contributed by atoms with Crippen molar-refractivity contribution in [2.75, 3.05) is 12.8 Å². The van der Waals surface area contributed by atoms with E-state index in [2.05, 4.69) is 27.0 Å². The van der Waals surface area contributed by atoms with Crippen LogP contribution in [0.4, 0.5) is 0 Å². The third-order valence-electron chi connectivity index (χ3n) is 5.43. The summed E-state index contributed by atoms with van der Waals surface area (Å²) in [5.74, 6) is 0.0373. The van der Waals surface area contributed by atoms with Crippen LogP contribution in [0.25, 0.3) is 10.9 Å². The lowest BCUT2D eigenvalue weighted by atomic mass is 9.81. The molecule has 0 atom stereocenters. The molecule has 1 heterocycles. The summed E-state index contributed by atoms with van der Waals surface area (Å²) in [6, 6.07) is 7.79. The fourth-order valence-electron chi connectivity index (χ4n) is 3.68. The molecular weight excluding hydrogens is 440 g/mol. The van der Waals surface area contributed by atoms with Crippen molar-refractivity contribution in [2.24, 2.45) is 0 Å². The smallest absolute Gasteiger partial charge is 0.262 e. The first kappa shape index (κ1) is 20.9. The van der Waals surface area contributed by atoms with Crippen molar-refractivity contribution in [3.05, 3.63) is 33.0 Å². The van der Waals surface area contributed by atoms with Gasteiger partial charge in [-0.1, -0.05) is 47.0 Å². The molecule has 0 N–H and O–H groups in total. The highest BCUT2D eigenvalue weighted by molar-refractivity contribution is 9.10. The molecule has 8 heteroatoms. The van der Waals surface area contributed by atoms with Gasteiger partial charge in [-0.15, -0.1) is 0 Å². The van der Waals surface area contributed by atoms with Gasteiger partial charge in [-0.25, -0.2) is 4.98 Å². The number of halogens is 1. The van der Waals surface area contributed by atoms with E-state index in [1.807, 2.05) is 13.0 Å². The van der Waals surface area contributed by atoms with Gasteiger partial charge >= 0.3 is 0 Å². The summed E-state index contributed by atoms with van der Waals surface area (Å²) in [6.07, 6.45) is 4.49. The van der Waals surface area contributed by atoms with Crippen molar-refractivity contribution in [1.29, 1.82) is 5.26 Å². The predicted molar refractivity (Wildman–Crippen MR) is 114 cm³/mol. The minimum absolute atomic E-state index is 0.110. The highest BCUT2D eigenvalue weighted by Gasteiger charge is 2.38. The van der Waals surface area contributed by atoms with Gasteiger partial charge in [0.1, 0.15) is 5.54 Å². The van der Waals surface area contributed by atoms with Crippen molar-refractivity contribution in [3.8, 4) is 6.07 Å². The SMILES string of the molecule is CCn1c(SCC(=O)N(C)C2(C#N)CCCCC2)nc2ccc(Br)cc2c1=O. The number of nitrogens with zero attached hydrogens (tertiary/aromatic N) is 4. The molecule has 1 aromatic carbocycles. The topological polar surface area (TPSA) is 79.0 Å². The Hall–Kier alpha value is -1.85. The Kier molecular flexibility index (Phi) is 6.46. The number of carbonyl (C=O) groups excluding carboxylic acids is 1. The number of hydrogen-bond donors (Lipinski definition) is 0. The number of nitriles is 1. The van der Waals surface area contributed by atoms with Gasteiger partial charge in [0.25, 0.3) is 5.56 Å². The van der Waals surface area contributed by atoms with E-state index in [0.29, 0.717) is 22.6 Å². The van der Waals surface area contributed by atoms with E-state index in [9.17, 15) is 14.9 Å². The molecule has 2 aromatic rings. The highest BCUT2D eigenvalue weighted by atomic mass is 79.9. The van der Waals surface area contributed by atoms with Gasteiger partial charge in [-0.05, 0) is 38.0 Å². The molecule has 28 heavy (non-hydrogen) atoms. The normalized spacial score (nSPS) is 15.9. The Morgan fingerprint density at radius 1 is 1.39 bits per heavy atom. The zero-order chi connectivity index (χ0) is 20.3. The number of amides is 1. The monoisotopic (exact) mass is 462 g/mol. The summed E-state index contributed by atoms with van der Waals surface area (Å²) in [6.45, 7) is 2.36. The van der Waals surface area contributed by atoms with Crippen LogP contribution in [-0.4, -0.2) is 38.7 Å². The van der Waals surface area contributed by atoms with E-state index in [1.165, 1.54) is 11.8 Å². The highest BCUT2D eigenvalue weighted by Crippen LogP contribution is 2.33. The summed E-state index contributed by atoms with van der Waals surface area (Å²) in [5, 5.41) is 10.8. The van der Waals surface area contributed by atoms with E-state index in [4.69, 9.17) is 0 Å². The molecule has 6 nitrogen and oxygen atoms in total. The Labute approximate surface area is 177 Å². The molecule has 1 amide bonds. The Bertz CT molecular complexity index is 992. The minimum atomic E-state index is -0.705. The molecule has 0 aliphatic heterocycles. The number of thioether (sulfide) groups is 1. The lowest BCUT2D eigenvalue weighted by molar-refractivity contribution is -0.131. The van der Waals surface area contributed by atoms with Crippen LogP contribution in [0.3, 0.4) is 0 Å². The summed E-state index contributed by atoms with van der Waals surface area (Å²) in [4.78, 5) is 31.8. The number of hydrogen-bond acceptors (Lipinski definition) is 5. The Balaban J connectivity index is 1.83.